The smallest absolute Gasteiger partial charge is 0.0888 e. The number of halogens is 1. The molecular weight excluding hydrogens is 246 g/mol. The van der Waals surface area contributed by atoms with E-state index in [2.05, 4.69) is 40.4 Å². The molecule has 0 unspecified atom stereocenters. The molecule has 1 N–H and O–H groups in total. The van der Waals surface area contributed by atoms with Gasteiger partial charge in [-0.25, -0.2) is 0 Å². The van der Waals surface area contributed by atoms with E-state index in [9.17, 15) is 0 Å². The molecule has 3 rings (SSSR count). The Morgan fingerprint density at radius 2 is 2.06 bits per heavy atom. The first kappa shape index (κ1) is 13.0. The van der Waals surface area contributed by atoms with Gasteiger partial charge in [-0.3, -0.25) is 9.97 Å². The molecule has 0 saturated carbocycles. The highest BCUT2D eigenvalue weighted by atomic mass is 35.5. The summed E-state index contributed by atoms with van der Waals surface area (Å²) in [6.45, 7) is 4.31. The number of hydrogen-bond donors (Lipinski definition) is 1. The summed E-state index contributed by atoms with van der Waals surface area (Å²) in [6.07, 6.45) is 5.30. The van der Waals surface area contributed by atoms with Gasteiger partial charge in [0.15, 0.2) is 0 Å². The minimum absolute atomic E-state index is 0. The van der Waals surface area contributed by atoms with Crippen LogP contribution in [0.15, 0.2) is 36.8 Å². The SMILES string of the molecule is Cc1cccc(-c2cnccn2)c1C1CNC1.Cl. The summed E-state index contributed by atoms with van der Waals surface area (Å²) in [7, 11) is 0. The number of aryl methyl sites for hydroxylation is 1. The van der Waals surface area contributed by atoms with Crippen molar-refractivity contribution < 1.29 is 0 Å². The normalized spacial score (nSPS) is 14.7. The molecule has 18 heavy (non-hydrogen) atoms. The van der Waals surface area contributed by atoms with Crippen LogP contribution in [0.2, 0.25) is 0 Å². The molecule has 1 aromatic heterocycles. The molecule has 4 heteroatoms. The lowest BCUT2D eigenvalue weighted by Gasteiger charge is -2.30. The van der Waals surface area contributed by atoms with E-state index in [0.717, 1.165) is 18.8 Å². The third-order valence-corrected chi connectivity index (χ3v) is 3.35. The van der Waals surface area contributed by atoms with Crippen molar-refractivity contribution >= 4 is 12.4 Å². The van der Waals surface area contributed by atoms with Crippen molar-refractivity contribution in [1.82, 2.24) is 15.3 Å². The zero-order chi connectivity index (χ0) is 11.7. The third kappa shape index (κ3) is 2.24. The highest BCUT2D eigenvalue weighted by molar-refractivity contribution is 5.85. The fraction of sp³-hybridized carbons (Fsp3) is 0.286. The molecular formula is C14H16ClN3. The highest BCUT2D eigenvalue weighted by Crippen LogP contribution is 2.32. The van der Waals surface area contributed by atoms with Gasteiger partial charge >= 0.3 is 0 Å². The van der Waals surface area contributed by atoms with Crippen molar-refractivity contribution in [1.29, 1.82) is 0 Å². The van der Waals surface area contributed by atoms with Gasteiger partial charge in [0, 0.05) is 37.0 Å². The summed E-state index contributed by atoms with van der Waals surface area (Å²) >= 11 is 0. The molecule has 0 spiro atoms. The van der Waals surface area contributed by atoms with E-state index in [0.29, 0.717) is 5.92 Å². The molecule has 2 aromatic rings. The van der Waals surface area contributed by atoms with E-state index in [1.165, 1.54) is 16.7 Å². The molecule has 2 heterocycles. The first-order valence-electron chi connectivity index (χ1n) is 5.93. The molecule has 0 bridgehead atoms. The van der Waals surface area contributed by atoms with Crippen LogP contribution >= 0.6 is 12.4 Å². The van der Waals surface area contributed by atoms with Gasteiger partial charge in [0.1, 0.15) is 0 Å². The quantitative estimate of drug-likeness (QED) is 0.903. The van der Waals surface area contributed by atoms with E-state index >= 15 is 0 Å². The fourth-order valence-corrected chi connectivity index (χ4v) is 2.38. The first-order valence-corrected chi connectivity index (χ1v) is 5.93. The Labute approximate surface area is 113 Å². The molecule has 1 aromatic carbocycles. The molecule has 94 valence electrons. The largest absolute Gasteiger partial charge is 0.315 e. The molecule has 0 atom stereocenters. The average Bonchev–Trinajstić information content (AvgIpc) is 2.31. The molecule has 1 saturated heterocycles. The minimum atomic E-state index is 0. The fourth-order valence-electron chi connectivity index (χ4n) is 2.38. The van der Waals surface area contributed by atoms with E-state index in [1.54, 1.807) is 12.4 Å². The Hall–Kier alpha value is -1.45. The van der Waals surface area contributed by atoms with Gasteiger partial charge in [-0.05, 0) is 18.1 Å². The summed E-state index contributed by atoms with van der Waals surface area (Å²) < 4.78 is 0. The van der Waals surface area contributed by atoms with Gasteiger partial charge in [0.25, 0.3) is 0 Å². The maximum atomic E-state index is 4.41. The lowest BCUT2D eigenvalue weighted by Crippen LogP contribution is -2.40. The van der Waals surface area contributed by atoms with Gasteiger partial charge in [0.05, 0.1) is 11.9 Å². The molecule has 0 aliphatic carbocycles. The van der Waals surface area contributed by atoms with Crippen LogP contribution in [-0.2, 0) is 0 Å². The predicted octanol–water partition coefficient (Wildman–Crippen LogP) is 2.56. The number of nitrogens with one attached hydrogen (secondary N) is 1. The monoisotopic (exact) mass is 261 g/mol. The zero-order valence-electron chi connectivity index (χ0n) is 10.3. The maximum absolute atomic E-state index is 4.41. The number of nitrogens with zero attached hydrogens (tertiary/aromatic N) is 2. The van der Waals surface area contributed by atoms with E-state index in [1.807, 2.05) is 6.20 Å². The van der Waals surface area contributed by atoms with Crippen LogP contribution in [0.25, 0.3) is 11.3 Å². The van der Waals surface area contributed by atoms with Crippen LogP contribution < -0.4 is 5.32 Å². The van der Waals surface area contributed by atoms with E-state index < -0.39 is 0 Å². The van der Waals surface area contributed by atoms with Crippen molar-refractivity contribution in [3.05, 3.63) is 47.9 Å². The Kier molecular flexibility index (Phi) is 3.94. The Bertz CT molecular complexity index is 524. The van der Waals surface area contributed by atoms with Crippen LogP contribution in [0.4, 0.5) is 0 Å². The molecule has 0 radical (unpaired) electrons. The summed E-state index contributed by atoms with van der Waals surface area (Å²) in [5.41, 5.74) is 4.97. The Morgan fingerprint density at radius 3 is 2.67 bits per heavy atom. The van der Waals surface area contributed by atoms with Gasteiger partial charge in [-0.1, -0.05) is 18.2 Å². The summed E-state index contributed by atoms with van der Waals surface area (Å²) in [5, 5.41) is 3.33. The number of aromatic nitrogens is 2. The Morgan fingerprint density at radius 1 is 1.22 bits per heavy atom. The van der Waals surface area contributed by atoms with Crippen molar-refractivity contribution in [3.8, 4) is 11.3 Å². The predicted molar refractivity (Wildman–Crippen MR) is 75.1 cm³/mol. The van der Waals surface area contributed by atoms with Crippen LogP contribution in [0, 0.1) is 6.92 Å². The number of benzene rings is 1. The van der Waals surface area contributed by atoms with E-state index in [4.69, 9.17) is 0 Å². The molecule has 1 aliphatic heterocycles. The van der Waals surface area contributed by atoms with Gasteiger partial charge in [0.2, 0.25) is 0 Å². The van der Waals surface area contributed by atoms with Gasteiger partial charge in [-0.15, -0.1) is 12.4 Å². The zero-order valence-corrected chi connectivity index (χ0v) is 11.1. The molecule has 1 aliphatic rings. The van der Waals surface area contributed by atoms with Gasteiger partial charge < -0.3 is 5.32 Å². The molecule has 0 amide bonds. The topological polar surface area (TPSA) is 37.8 Å². The number of rotatable bonds is 2. The summed E-state index contributed by atoms with van der Waals surface area (Å²) in [6, 6.07) is 6.41. The van der Waals surface area contributed by atoms with Crippen molar-refractivity contribution in [3.63, 3.8) is 0 Å². The second kappa shape index (κ2) is 5.46. The average molecular weight is 262 g/mol. The highest BCUT2D eigenvalue weighted by Gasteiger charge is 2.24. The number of hydrogen-bond acceptors (Lipinski definition) is 3. The third-order valence-electron chi connectivity index (χ3n) is 3.35. The van der Waals surface area contributed by atoms with Crippen LogP contribution in [0.5, 0.6) is 0 Å². The van der Waals surface area contributed by atoms with Crippen molar-refractivity contribution in [2.45, 2.75) is 12.8 Å². The lowest BCUT2D eigenvalue weighted by atomic mass is 9.85. The maximum Gasteiger partial charge on any atom is 0.0888 e. The van der Waals surface area contributed by atoms with Crippen LogP contribution in [-0.4, -0.2) is 23.1 Å². The van der Waals surface area contributed by atoms with Gasteiger partial charge in [-0.2, -0.15) is 0 Å². The molecule has 1 fully saturated rings. The second-order valence-electron chi connectivity index (χ2n) is 4.48. The van der Waals surface area contributed by atoms with Crippen molar-refractivity contribution in [2.75, 3.05) is 13.1 Å². The van der Waals surface area contributed by atoms with E-state index in [-0.39, 0.29) is 12.4 Å². The first-order chi connectivity index (χ1) is 8.36. The van der Waals surface area contributed by atoms with Crippen molar-refractivity contribution in [2.24, 2.45) is 0 Å². The van der Waals surface area contributed by atoms with Crippen LogP contribution in [0.1, 0.15) is 17.0 Å². The Balaban J connectivity index is 0.00000120. The van der Waals surface area contributed by atoms with Crippen LogP contribution in [0.3, 0.4) is 0 Å². The second-order valence-corrected chi connectivity index (χ2v) is 4.48. The molecule has 3 nitrogen and oxygen atoms in total. The summed E-state index contributed by atoms with van der Waals surface area (Å²) in [5.74, 6) is 0.619. The summed E-state index contributed by atoms with van der Waals surface area (Å²) in [4.78, 5) is 8.57. The minimum Gasteiger partial charge on any atom is -0.315 e. The lowest BCUT2D eigenvalue weighted by molar-refractivity contribution is 0.447. The standard InChI is InChI=1S/C14H15N3.ClH/c1-10-3-2-4-12(13-9-15-5-6-17-13)14(10)11-7-16-8-11;/h2-6,9,11,16H,7-8H2,1H3;1H.